The average molecular weight is 262 g/mol. The van der Waals surface area contributed by atoms with Crippen LogP contribution in [-0.4, -0.2) is 29.4 Å². The maximum atomic E-state index is 3.55. The van der Waals surface area contributed by atoms with E-state index < -0.39 is 0 Å². The van der Waals surface area contributed by atoms with Gasteiger partial charge in [0, 0.05) is 17.9 Å². The Labute approximate surface area is 97.4 Å². The van der Waals surface area contributed by atoms with Gasteiger partial charge >= 0.3 is 0 Å². The summed E-state index contributed by atoms with van der Waals surface area (Å²) in [5.74, 6) is 0. The van der Waals surface area contributed by atoms with Crippen molar-refractivity contribution in [2.75, 3.05) is 18.4 Å². The van der Waals surface area contributed by atoms with Gasteiger partial charge in [-0.3, -0.25) is 4.90 Å². The fraction of sp³-hybridized carbons (Fsp3) is 1.00. The van der Waals surface area contributed by atoms with Gasteiger partial charge in [0.2, 0.25) is 0 Å². The van der Waals surface area contributed by atoms with Crippen LogP contribution in [0.5, 0.6) is 0 Å². The topological polar surface area (TPSA) is 3.24 Å². The summed E-state index contributed by atoms with van der Waals surface area (Å²) in [5.41, 5.74) is 0. The summed E-state index contributed by atoms with van der Waals surface area (Å²) < 4.78 is 0. The van der Waals surface area contributed by atoms with Crippen molar-refractivity contribution in [1.29, 1.82) is 0 Å². The van der Waals surface area contributed by atoms with E-state index in [1.807, 2.05) is 0 Å². The van der Waals surface area contributed by atoms with Gasteiger partial charge in [-0.05, 0) is 25.8 Å². The molecule has 84 valence electrons. The molecule has 2 heteroatoms. The lowest BCUT2D eigenvalue weighted by molar-refractivity contribution is 0.133. The fourth-order valence-electron chi connectivity index (χ4n) is 2.08. The monoisotopic (exact) mass is 261 g/mol. The van der Waals surface area contributed by atoms with Gasteiger partial charge in [0.25, 0.3) is 0 Å². The van der Waals surface area contributed by atoms with Gasteiger partial charge in [-0.15, -0.1) is 0 Å². The zero-order chi connectivity index (χ0) is 10.2. The molecule has 0 aromatic carbocycles. The number of halogens is 1. The van der Waals surface area contributed by atoms with Gasteiger partial charge in [0.1, 0.15) is 0 Å². The molecule has 0 bridgehead atoms. The van der Waals surface area contributed by atoms with Crippen LogP contribution in [0, 0.1) is 0 Å². The summed E-state index contributed by atoms with van der Waals surface area (Å²) in [6, 6.07) is 0.925. The number of hydrogen-bond donors (Lipinski definition) is 0. The molecule has 1 nitrogen and oxygen atoms in total. The molecule has 0 atom stereocenters. The van der Waals surface area contributed by atoms with E-state index in [9.17, 15) is 0 Å². The average Bonchev–Trinajstić information content (AvgIpc) is 2.10. The lowest BCUT2D eigenvalue weighted by atomic mass is 9.91. The predicted molar refractivity (Wildman–Crippen MR) is 67.1 cm³/mol. The van der Waals surface area contributed by atoms with E-state index in [4.69, 9.17) is 0 Å². The summed E-state index contributed by atoms with van der Waals surface area (Å²) in [7, 11) is 0. The van der Waals surface area contributed by atoms with E-state index in [0.29, 0.717) is 0 Å². The van der Waals surface area contributed by atoms with Crippen molar-refractivity contribution in [1.82, 2.24) is 4.90 Å². The van der Waals surface area contributed by atoms with Crippen LogP contribution >= 0.6 is 15.9 Å². The molecule has 0 heterocycles. The molecule has 0 aliphatic heterocycles. The Bertz CT molecular complexity index is 134. The Morgan fingerprint density at radius 3 is 2.43 bits per heavy atom. The van der Waals surface area contributed by atoms with Crippen LogP contribution in [0.15, 0.2) is 0 Å². The molecule has 0 spiro atoms. The third-order valence-electron chi connectivity index (χ3n) is 3.26. The van der Waals surface area contributed by atoms with Gasteiger partial charge in [0.15, 0.2) is 0 Å². The highest BCUT2D eigenvalue weighted by Gasteiger charge is 2.23. The van der Waals surface area contributed by atoms with Crippen molar-refractivity contribution in [2.45, 2.75) is 57.9 Å². The Morgan fingerprint density at radius 1 is 1.14 bits per heavy atom. The summed E-state index contributed by atoms with van der Waals surface area (Å²) in [5, 5.41) is 1.14. The minimum atomic E-state index is 0.925. The normalized spacial score (nSPS) is 17.4. The summed E-state index contributed by atoms with van der Waals surface area (Å²) >= 11 is 3.55. The first-order valence-corrected chi connectivity index (χ1v) is 7.30. The minimum Gasteiger partial charge on any atom is -0.300 e. The molecule has 1 aliphatic rings. The number of hydrogen-bond acceptors (Lipinski definition) is 1. The van der Waals surface area contributed by atoms with Crippen molar-refractivity contribution in [3.8, 4) is 0 Å². The van der Waals surface area contributed by atoms with Crippen LogP contribution in [-0.2, 0) is 0 Å². The molecule has 0 radical (unpaired) electrons. The smallest absolute Gasteiger partial charge is 0.0159 e. The molecule has 0 N–H and O–H groups in total. The highest BCUT2D eigenvalue weighted by atomic mass is 79.9. The maximum absolute atomic E-state index is 3.55. The molecular formula is C12H24BrN. The Kier molecular flexibility index (Phi) is 6.88. The van der Waals surface area contributed by atoms with Crippen LogP contribution in [0.25, 0.3) is 0 Å². The molecule has 0 aromatic rings. The number of alkyl halides is 1. The Hall–Kier alpha value is 0.440. The number of unbranched alkanes of at least 4 members (excludes halogenated alkanes) is 3. The number of nitrogens with zero attached hydrogens (tertiary/aromatic N) is 1. The van der Waals surface area contributed by atoms with Gasteiger partial charge in [-0.25, -0.2) is 0 Å². The second kappa shape index (κ2) is 7.70. The molecular weight excluding hydrogens is 238 g/mol. The molecule has 0 aromatic heterocycles. The SMILES string of the molecule is CCCCCCN(CCBr)C1CCC1. The third kappa shape index (κ3) is 4.31. The summed E-state index contributed by atoms with van der Waals surface area (Å²) in [6.45, 7) is 4.86. The second-order valence-corrected chi connectivity index (χ2v) is 5.16. The second-order valence-electron chi connectivity index (χ2n) is 4.37. The van der Waals surface area contributed by atoms with Crippen LogP contribution in [0.1, 0.15) is 51.9 Å². The van der Waals surface area contributed by atoms with E-state index >= 15 is 0 Å². The fourth-order valence-corrected chi connectivity index (χ4v) is 2.53. The van der Waals surface area contributed by atoms with Gasteiger partial charge in [-0.2, -0.15) is 0 Å². The highest BCUT2D eigenvalue weighted by molar-refractivity contribution is 9.09. The standard InChI is InChI=1S/C12H24BrN/c1-2-3-4-5-10-14(11-9-13)12-7-6-8-12/h12H,2-11H2,1H3. The first-order chi connectivity index (χ1) is 6.88. The lowest BCUT2D eigenvalue weighted by Gasteiger charge is -2.37. The third-order valence-corrected chi connectivity index (χ3v) is 3.62. The first-order valence-electron chi connectivity index (χ1n) is 6.18. The van der Waals surface area contributed by atoms with E-state index in [1.165, 1.54) is 58.0 Å². The first kappa shape index (κ1) is 12.5. The van der Waals surface area contributed by atoms with E-state index in [-0.39, 0.29) is 0 Å². The molecule has 0 amide bonds. The molecule has 1 rings (SSSR count). The van der Waals surface area contributed by atoms with Gasteiger partial charge in [0.05, 0.1) is 0 Å². The van der Waals surface area contributed by atoms with E-state index in [2.05, 4.69) is 27.8 Å². The largest absolute Gasteiger partial charge is 0.300 e. The lowest BCUT2D eigenvalue weighted by Crippen LogP contribution is -2.41. The van der Waals surface area contributed by atoms with E-state index in [1.54, 1.807) is 0 Å². The molecule has 14 heavy (non-hydrogen) atoms. The predicted octanol–water partition coefficient (Wildman–Crippen LogP) is 3.82. The molecule has 0 saturated heterocycles. The highest BCUT2D eigenvalue weighted by Crippen LogP contribution is 2.25. The quantitative estimate of drug-likeness (QED) is 0.475. The summed E-state index contributed by atoms with van der Waals surface area (Å²) in [6.07, 6.45) is 9.92. The van der Waals surface area contributed by atoms with Crippen molar-refractivity contribution in [3.63, 3.8) is 0 Å². The van der Waals surface area contributed by atoms with Crippen LogP contribution in [0.3, 0.4) is 0 Å². The van der Waals surface area contributed by atoms with Crippen molar-refractivity contribution in [2.24, 2.45) is 0 Å². The van der Waals surface area contributed by atoms with Gasteiger partial charge in [-0.1, -0.05) is 48.5 Å². The minimum absolute atomic E-state index is 0.925. The number of rotatable bonds is 8. The molecule has 0 unspecified atom stereocenters. The molecule has 1 saturated carbocycles. The van der Waals surface area contributed by atoms with Crippen molar-refractivity contribution in [3.05, 3.63) is 0 Å². The van der Waals surface area contributed by atoms with Crippen molar-refractivity contribution >= 4 is 15.9 Å². The maximum Gasteiger partial charge on any atom is 0.0159 e. The van der Waals surface area contributed by atoms with Crippen LogP contribution in [0.2, 0.25) is 0 Å². The van der Waals surface area contributed by atoms with Crippen molar-refractivity contribution < 1.29 is 0 Å². The van der Waals surface area contributed by atoms with Crippen LogP contribution in [0.4, 0.5) is 0 Å². The zero-order valence-electron chi connectivity index (χ0n) is 9.47. The summed E-state index contributed by atoms with van der Waals surface area (Å²) in [4.78, 5) is 2.69. The van der Waals surface area contributed by atoms with Crippen LogP contribution < -0.4 is 0 Å². The van der Waals surface area contributed by atoms with E-state index in [0.717, 1.165) is 11.4 Å². The molecule has 1 aliphatic carbocycles. The zero-order valence-corrected chi connectivity index (χ0v) is 11.1. The Morgan fingerprint density at radius 2 is 1.93 bits per heavy atom. The Balaban J connectivity index is 2.08. The molecule has 1 fully saturated rings. The van der Waals surface area contributed by atoms with Gasteiger partial charge < -0.3 is 0 Å².